The molecule has 2 aromatic rings. The van der Waals surface area contributed by atoms with Crippen molar-refractivity contribution in [2.75, 3.05) is 44.6 Å². The first-order valence-electron chi connectivity index (χ1n) is 11.0. The Morgan fingerprint density at radius 1 is 0.879 bits per heavy atom. The second-order valence-corrected chi connectivity index (χ2v) is 8.50. The molecule has 0 unspecified atom stereocenters. The quantitative estimate of drug-likeness (QED) is 0.592. The number of carbonyl (C=O) groups is 2. The standard InChI is InChI=1S/C24H29F3N4O2/c1-16(2)18-5-3-17(4-6-18)14-30-9-11-31(12-10-30)15-22(33)28-13-21(32)29-20-8-7-19(25)23(26)24(20)27/h3-8,16H,9-15H2,1-2H3,(H,28,33)(H,29,32). The Hall–Kier alpha value is -2.91. The van der Waals surface area contributed by atoms with Crippen LogP contribution in [0.4, 0.5) is 18.9 Å². The second-order valence-electron chi connectivity index (χ2n) is 8.50. The first-order valence-corrected chi connectivity index (χ1v) is 11.0. The number of anilines is 1. The molecule has 0 atom stereocenters. The van der Waals surface area contributed by atoms with Crippen LogP contribution in [0.2, 0.25) is 0 Å². The fourth-order valence-corrected chi connectivity index (χ4v) is 3.63. The van der Waals surface area contributed by atoms with Crippen molar-refractivity contribution in [3.8, 4) is 0 Å². The number of amides is 2. The van der Waals surface area contributed by atoms with Crippen molar-refractivity contribution in [2.45, 2.75) is 26.3 Å². The Labute approximate surface area is 191 Å². The van der Waals surface area contributed by atoms with Crippen molar-refractivity contribution in [1.82, 2.24) is 15.1 Å². The lowest BCUT2D eigenvalue weighted by molar-refractivity contribution is -0.125. The molecule has 0 radical (unpaired) electrons. The fraction of sp³-hybridized carbons (Fsp3) is 0.417. The summed E-state index contributed by atoms with van der Waals surface area (Å²) in [5.41, 5.74) is 2.09. The largest absolute Gasteiger partial charge is 0.346 e. The van der Waals surface area contributed by atoms with E-state index < -0.39 is 35.6 Å². The molecule has 0 aromatic heterocycles. The molecule has 0 aliphatic carbocycles. The summed E-state index contributed by atoms with van der Waals surface area (Å²) in [6, 6.07) is 10.3. The van der Waals surface area contributed by atoms with Crippen LogP contribution in [-0.2, 0) is 16.1 Å². The minimum Gasteiger partial charge on any atom is -0.346 e. The van der Waals surface area contributed by atoms with Gasteiger partial charge in [0, 0.05) is 32.7 Å². The van der Waals surface area contributed by atoms with Crippen molar-refractivity contribution >= 4 is 17.5 Å². The summed E-state index contributed by atoms with van der Waals surface area (Å²) in [7, 11) is 0. The number of benzene rings is 2. The third-order valence-electron chi connectivity index (χ3n) is 5.64. The molecule has 3 rings (SSSR count). The first kappa shape index (κ1) is 24.7. The molecule has 1 saturated heterocycles. The second kappa shape index (κ2) is 11.3. The summed E-state index contributed by atoms with van der Waals surface area (Å²) < 4.78 is 39.8. The van der Waals surface area contributed by atoms with E-state index in [1.54, 1.807) is 0 Å². The molecule has 1 fully saturated rings. The summed E-state index contributed by atoms with van der Waals surface area (Å²) in [6.07, 6.45) is 0. The zero-order chi connectivity index (χ0) is 24.0. The highest BCUT2D eigenvalue weighted by molar-refractivity contribution is 5.94. The maximum absolute atomic E-state index is 13.6. The van der Waals surface area contributed by atoms with Crippen LogP contribution in [-0.4, -0.2) is 60.9 Å². The molecule has 9 heteroatoms. The lowest BCUT2D eigenvalue weighted by atomic mass is 10.0. The first-order chi connectivity index (χ1) is 15.7. The zero-order valence-electron chi connectivity index (χ0n) is 18.8. The van der Waals surface area contributed by atoms with Crippen LogP contribution in [0.1, 0.15) is 30.9 Å². The highest BCUT2D eigenvalue weighted by Gasteiger charge is 2.20. The number of nitrogens with one attached hydrogen (secondary N) is 2. The number of hydrogen-bond acceptors (Lipinski definition) is 4. The summed E-state index contributed by atoms with van der Waals surface area (Å²) in [6.45, 7) is 8.05. The summed E-state index contributed by atoms with van der Waals surface area (Å²) in [4.78, 5) is 28.4. The Balaban J connectivity index is 1.37. The van der Waals surface area contributed by atoms with Crippen molar-refractivity contribution in [2.24, 2.45) is 0 Å². The molecule has 2 aromatic carbocycles. The SMILES string of the molecule is CC(C)c1ccc(CN2CCN(CC(=O)NCC(=O)Nc3ccc(F)c(F)c3F)CC2)cc1. The van der Waals surface area contributed by atoms with E-state index in [2.05, 4.69) is 53.6 Å². The maximum atomic E-state index is 13.6. The van der Waals surface area contributed by atoms with E-state index in [-0.39, 0.29) is 12.5 Å². The lowest BCUT2D eigenvalue weighted by Gasteiger charge is -2.34. The van der Waals surface area contributed by atoms with Crippen molar-refractivity contribution in [1.29, 1.82) is 0 Å². The van der Waals surface area contributed by atoms with Gasteiger partial charge in [-0.1, -0.05) is 38.1 Å². The molecular weight excluding hydrogens is 433 g/mol. The van der Waals surface area contributed by atoms with Gasteiger partial charge in [-0.05, 0) is 29.2 Å². The molecule has 178 valence electrons. The van der Waals surface area contributed by atoms with Gasteiger partial charge in [0.25, 0.3) is 0 Å². The van der Waals surface area contributed by atoms with Gasteiger partial charge in [-0.2, -0.15) is 0 Å². The Kier molecular flexibility index (Phi) is 8.46. The topological polar surface area (TPSA) is 64.7 Å². The zero-order valence-corrected chi connectivity index (χ0v) is 18.8. The van der Waals surface area contributed by atoms with Gasteiger partial charge >= 0.3 is 0 Å². The minimum atomic E-state index is -1.66. The average molecular weight is 463 g/mol. The molecule has 2 N–H and O–H groups in total. The molecule has 2 amide bonds. The van der Waals surface area contributed by atoms with Crippen LogP contribution in [0.3, 0.4) is 0 Å². The fourth-order valence-electron chi connectivity index (χ4n) is 3.63. The van der Waals surface area contributed by atoms with E-state index in [9.17, 15) is 22.8 Å². The predicted octanol–water partition coefficient (Wildman–Crippen LogP) is 3.10. The Morgan fingerprint density at radius 3 is 2.15 bits per heavy atom. The summed E-state index contributed by atoms with van der Waals surface area (Å²) in [5.74, 6) is -5.06. The van der Waals surface area contributed by atoms with E-state index in [1.165, 1.54) is 11.1 Å². The van der Waals surface area contributed by atoms with E-state index >= 15 is 0 Å². The van der Waals surface area contributed by atoms with Crippen LogP contribution in [0.25, 0.3) is 0 Å². The lowest BCUT2D eigenvalue weighted by Crippen LogP contribution is -2.49. The van der Waals surface area contributed by atoms with Crippen LogP contribution in [0.5, 0.6) is 0 Å². The van der Waals surface area contributed by atoms with E-state index in [0.29, 0.717) is 12.0 Å². The van der Waals surface area contributed by atoms with E-state index in [0.717, 1.165) is 38.8 Å². The van der Waals surface area contributed by atoms with Gasteiger partial charge in [-0.3, -0.25) is 19.4 Å². The Bertz CT molecular complexity index is 974. The van der Waals surface area contributed by atoms with Crippen molar-refractivity contribution < 1.29 is 22.8 Å². The number of halogens is 3. The van der Waals surface area contributed by atoms with Gasteiger partial charge < -0.3 is 10.6 Å². The maximum Gasteiger partial charge on any atom is 0.243 e. The summed E-state index contributed by atoms with van der Waals surface area (Å²) >= 11 is 0. The molecule has 6 nitrogen and oxygen atoms in total. The van der Waals surface area contributed by atoms with E-state index in [4.69, 9.17) is 0 Å². The van der Waals surface area contributed by atoms with Crippen molar-refractivity contribution in [3.63, 3.8) is 0 Å². The van der Waals surface area contributed by atoms with Crippen LogP contribution >= 0.6 is 0 Å². The van der Waals surface area contributed by atoms with E-state index in [1.807, 2.05) is 4.90 Å². The molecule has 0 spiro atoms. The van der Waals surface area contributed by atoms with Gasteiger partial charge in [0.2, 0.25) is 11.8 Å². The molecule has 0 bridgehead atoms. The van der Waals surface area contributed by atoms with Crippen LogP contribution < -0.4 is 10.6 Å². The monoisotopic (exact) mass is 462 g/mol. The molecule has 33 heavy (non-hydrogen) atoms. The Morgan fingerprint density at radius 2 is 1.52 bits per heavy atom. The highest BCUT2D eigenvalue weighted by Crippen LogP contribution is 2.19. The van der Waals surface area contributed by atoms with Gasteiger partial charge in [0.15, 0.2) is 17.5 Å². The van der Waals surface area contributed by atoms with Gasteiger partial charge in [-0.15, -0.1) is 0 Å². The third kappa shape index (κ3) is 7.03. The number of hydrogen-bond donors (Lipinski definition) is 2. The average Bonchev–Trinajstić information content (AvgIpc) is 2.80. The van der Waals surface area contributed by atoms with Crippen molar-refractivity contribution in [3.05, 3.63) is 65.0 Å². The van der Waals surface area contributed by atoms with Gasteiger partial charge in [0.05, 0.1) is 18.8 Å². The minimum absolute atomic E-state index is 0.143. The predicted molar refractivity (Wildman–Crippen MR) is 120 cm³/mol. The van der Waals surface area contributed by atoms with Gasteiger partial charge in [-0.25, -0.2) is 13.2 Å². The molecule has 1 heterocycles. The van der Waals surface area contributed by atoms with Crippen LogP contribution in [0.15, 0.2) is 36.4 Å². The normalized spacial score (nSPS) is 15.0. The van der Waals surface area contributed by atoms with Gasteiger partial charge in [0.1, 0.15) is 0 Å². The molecule has 1 aliphatic rings. The molecule has 1 aliphatic heterocycles. The number of rotatable bonds is 8. The molecular formula is C24H29F3N4O2. The number of piperazine rings is 1. The van der Waals surface area contributed by atoms with Crippen LogP contribution in [0, 0.1) is 17.5 Å². The molecule has 0 saturated carbocycles. The number of nitrogens with zero attached hydrogens (tertiary/aromatic N) is 2. The number of carbonyl (C=O) groups excluding carboxylic acids is 2. The smallest absolute Gasteiger partial charge is 0.243 e. The summed E-state index contributed by atoms with van der Waals surface area (Å²) in [5, 5.41) is 4.58. The third-order valence-corrected chi connectivity index (χ3v) is 5.64. The highest BCUT2D eigenvalue weighted by atomic mass is 19.2.